The summed E-state index contributed by atoms with van der Waals surface area (Å²) in [7, 11) is 3.15. The van der Waals surface area contributed by atoms with E-state index in [1.54, 1.807) is 26.4 Å². The van der Waals surface area contributed by atoms with E-state index in [2.05, 4.69) is 5.48 Å². The Balaban J connectivity index is 3.11. The van der Waals surface area contributed by atoms with Crippen LogP contribution in [0, 0.1) is 0 Å². The van der Waals surface area contributed by atoms with Gasteiger partial charge in [-0.1, -0.05) is 11.6 Å². The van der Waals surface area contributed by atoms with Gasteiger partial charge in [-0.15, -0.1) is 0 Å². The average Bonchev–Trinajstić information content (AvgIpc) is 2.28. The fourth-order valence-electron chi connectivity index (χ4n) is 1.42. The number of hydrogen-bond acceptors (Lipinski definition) is 4. The van der Waals surface area contributed by atoms with Crippen molar-refractivity contribution >= 4 is 11.6 Å². The molecule has 1 aromatic carbocycles. The topological polar surface area (TPSA) is 39.7 Å². The zero-order valence-corrected chi connectivity index (χ0v) is 11.3. The quantitative estimate of drug-likeness (QED) is 0.798. The Morgan fingerprint density at radius 3 is 2.53 bits per heavy atom. The Kier molecular flexibility index (Phi) is 5.55. The van der Waals surface area contributed by atoms with Crippen molar-refractivity contribution in [3.05, 3.63) is 22.7 Å². The van der Waals surface area contributed by atoms with E-state index >= 15 is 0 Å². The normalized spacial score (nSPS) is 10.7. The number of hydroxylamine groups is 1. The van der Waals surface area contributed by atoms with E-state index < -0.39 is 0 Å². The summed E-state index contributed by atoms with van der Waals surface area (Å²) in [5, 5.41) is 0.617. The van der Waals surface area contributed by atoms with Crippen LogP contribution in [0.5, 0.6) is 11.5 Å². The van der Waals surface area contributed by atoms with Crippen LogP contribution in [-0.4, -0.2) is 20.3 Å². The molecule has 0 aliphatic heterocycles. The Bertz CT molecular complexity index is 369. The second-order valence-electron chi connectivity index (χ2n) is 3.75. The highest BCUT2D eigenvalue weighted by atomic mass is 35.5. The van der Waals surface area contributed by atoms with E-state index in [1.165, 1.54) is 0 Å². The highest BCUT2D eigenvalue weighted by Crippen LogP contribution is 2.36. The van der Waals surface area contributed by atoms with Crippen molar-refractivity contribution in [2.24, 2.45) is 0 Å². The van der Waals surface area contributed by atoms with Crippen LogP contribution < -0.4 is 15.0 Å². The molecule has 0 bridgehead atoms. The number of methoxy groups -OCH3 is 1. The van der Waals surface area contributed by atoms with Crippen molar-refractivity contribution in [3.63, 3.8) is 0 Å². The number of hydrogen-bond donors (Lipinski definition) is 1. The summed E-state index contributed by atoms with van der Waals surface area (Å²) in [6, 6.07) is 3.57. The van der Waals surface area contributed by atoms with Crippen LogP contribution >= 0.6 is 11.6 Å². The molecule has 17 heavy (non-hydrogen) atoms. The van der Waals surface area contributed by atoms with E-state index in [-0.39, 0.29) is 6.10 Å². The maximum Gasteiger partial charge on any atom is 0.167 e. The lowest BCUT2D eigenvalue weighted by Gasteiger charge is -2.18. The molecule has 1 rings (SSSR count). The van der Waals surface area contributed by atoms with Gasteiger partial charge in [0, 0.05) is 10.6 Å². The lowest BCUT2D eigenvalue weighted by Crippen LogP contribution is -2.15. The molecule has 0 aliphatic carbocycles. The second-order valence-corrected chi connectivity index (χ2v) is 4.16. The molecular formula is C12H18ClNO3. The van der Waals surface area contributed by atoms with E-state index in [9.17, 15) is 0 Å². The Labute approximate surface area is 107 Å². The van der Waals surface area contributed by atoms with Crippen molar-refractivity contribution in [2.45, 2.75) is 26.5 Å². The summed E-state index contributed by atoms with van der Waals surface area (Å²) in [4.78, 5) is 4.83. The van der Waals surface area contributed by atoms with E-state index in [4.69, 9.17) is 25.9 Å². The summed E-state index contributed by atoms with van der Waals surface area (Å²) in [5.74, 6) is 1.32. The van der Waals surface area contributed by atoms with Gasteiger partial charge in [-0.05, 0) is 26.0 Å². The van der Waals surface area contributed by atoms with E-state index in [1.807, 2.05) is 13.8 Å². The molecule has 0 aromatic heterocycles. The van der Waals surface area contributed by atoms with Gasteiger partial charge < -0.3 is 14.3 Å². The monoisotopic (exact) mass is 259 g/mol. The lowest BCUT2D eigenvalue weighted by molar-refractivity contribution is 0.0854. The molecule has 4 nitrogen and oxygen atoms in total. The second kappa shape index (κ2) is 6.69. The molecular weight excluding hydrogens is 242 g/mol. The summed E-state index contributed by atoms with van der Waals surface area (Å²) in [6.45, 7) is 4.36. The molecule has 0 fully saturated rings. The van der Waals surface area contributed by atoms with Crippen LogP contribution in [0.4, 0.5) is 0 Å². The molecule has 0 radical (unpaired) electrons. The third-order valence-corrected chi connectivity index (χ3v) is 2.49. The van der Waals surface area contributed by atoms with E-state index in [0.29, 0.717) is 23.1 Å². The SMILES string of the molecule is CONCc1c(Cl)ccc(OC)c1OC(C)C. The van der Waals surface area contributed by atoms with Gasteiger partial charge in [-0.2, -0.15) is 5.48 Å². The summed E-state index contributed by atoms with van der Waals surface area (Å²) < 4.78 is 11.0. The third kappa shape index (κ3) is 3.77. The van der Waals surface area contributed by atoms with Gasteiger partial charge in [0.1, 0.15) is 0 Å². The van der Waals surface area contributed by atoms with Crippen molar-refractivity contribution in [1.82, 2.24) is 5.48 Å². The van der Waals surface area contributed by atoms with Crippen molar-refractivity contribution in [2.75, 3.05) is 14.2 Å². The Morgan fingerprint density at radius 1 is 1.29 bits per heavy atom. The van der Waals surface area contributed by atoms with Gasteiger partial charge in [0.05, 0.1) is 26.9 Å². The Hall–Kier alpha value is -0.970. The molecule has 0 atom stereocenters. The van der Waals surface area contributed by atoms with Gasteiger partial charge in [-0.3, -0.25) is 0 Å². The molecule has 0 saturated carbocycles. The van der Waals surface area contributed by atoms with Gasteiger partial charge in [-0.25, -0.2) is 0 Å². The molecule has 0 saturated heterocycles. The van der Waals surface area contributed by atoms with Crippen LogP contribution in [0.3, 0.4) is 0 Å². The van der Waals surface area contributed by atoms with Crippen LogP contribution in [-0.2, 0) is 11.4 Å². The maximum absolute atomic E-state index is 6.15. The molecule has 0 heterocycles. The number of ether oxygens (including phenoxy) is 2. The first kappa shape index (κ1) is 14.1. The van der Waals surface area contributed by atoms with Crippen molar-refractivity contribution < 1.29 is 14.3 Å². The van der Waals surface area contributed by atoms with Crippen LogP contribution in [0.15, 0.2) is 12.1 Å². The first-order valence-corrected chi connectivity index (χ1v) is 5.75. The van der Waals surface area contributed by atoms with Crippen molar-refractivity contribution in [3.8, 4) is 11.5 Å². The van der Waals surface area contributed by atoms with Crippen LogP contribution in [0.25, 0.3) is 0 Å². The number of nitrogens with one attached hydrogen (secondary N) is 1. The fraction of sp³-hybridized carbons (Fsp3) is 0.500. The van der Waals surface area contributed by atoms with Gasteiger partial charge in [0.2, 0.25) is 0 Å². The molecule has 1 aromatic rings. The molecule has 5 heteroatoms. The molecule has 0 aliphatic rings. The van der Waals surface area contributed by atoms with Gasteiger partial charge >= 0.3 is 0 Å². The molecule has 0 unspecified atom stereocenters. The number of rotatable bonds is 6. The average molecular weight is 260 g/mol. The minimum absolute atomic E-state index is 0.0451. The third-order valence-electron chi connectivity index (χ3n) is 2.13. The predicted molar refractivity (Wildman–Crippen MR) is 67.6 cm³/mol. The van der Waals surface area contributed by atoms with Gasteiger partial charge in [0.15, 0.2) is 11.5 Å². The minimum Gasteiger partial charge on any atom is -0.493 e. The summed E-state index contributed by atoms with van der Waals surface area (Å²) in [5.41, 5.74) is 3.57. The first-order valence-electron chi connectivity index (χ1n) is 5.38. The van der Waals surface area contributed by atoms with Gasteiger partial charge in [0.25, 0.3) is 0 Å². The van der Waals surface area contributed by atoms with E-state index in [0.717, 1.165) is 5.56 Å². The Morgan fingerprint density at radius 2 is 2.00 bits per heavy atom. The largest absolute Gasteiger partial charge is 0.493 e. The minimum atomic E-state index is 0.0451. The summed E-state index contributed by atoms with van der Waals surface area (Å²) >= 11 is 6.15. The number of benzene rings is 1. The number of halogens is 1. The van der Waals surface area contributed by atoms with Crippen LogP contribution in [0.1, 0.15) is 19.4 Å². The highest BCUT2D eigenvalue weighted by molar-refractivity contribution is 6.31. The van der Waals surface area contributed by atoms with Crippen LogP contribution in [0.2, 0.25) is 5.02 Å². The lowest BCUT2D eigenvalue weighted by atomic mass is 10.2. The standard InChI is InChI=1S/C12H18ClNO3/c1-8(2)17-12-9(7-14-16-4)10(13)5-6-11(12)15-3/h5-6,8,14H,7H2,1-4H3. The zero-order valence-electron chi connectivity index (χ0n) is 10.5. The molecule has 0 spiro atoms. The zero-order chi connectivity index (χ0) is 12.8. The maximum atomic E-state index is 6.15. The fourth-order valence-corrected chi connectivity index (χ4v) is 1.63. The first-order chi connectivity index (χ1) is 8.10. The smallest absolute Gasteiger partial charge is 0.167 e. The molecule has 1 N–H and O–H groups in total. The highest BCUT2D eigenvalue weighted by Gasteiger charge is 2.15. The van der Waals surface area contributed by atoms with Crippen molar-refractivity contribution in [1.29, 1.82) is 0 Å². The molecule has 96 valence electrons. The molecule has 0 amide bonds. The predicted octanol–water partition coefficient (Wildman–Crippen LogP) is 2.79. The summed E-state index contributed by atoms with van der Waals surface area (Å²) in [6.07, 6.45) is 0.0451.